The molecule has 0 aliphatic carbocycles. The van der Waals surface area contributed by atoms with Crippen molar-refractivity contribution in [1.82, 2.24) is 19.4 Å². The molecule has 3 heterocycles. The molecule has 1 atom stereocenters. The number of hydrogen-bond donors (Lipinski definition) is 0. The first-order chi connectivity index (χ1) is 15.2. The van der Waals surface area contributed by atoms with Gasteiger partial charge in [0.15, 0.2) is 5.82 Å². The fraction of sp³-hybridized carbons (Fsp3) is 0.292. The maximum atomic E-state index is 13.5. The molecule has 0 spiro atoms. The van der Waals surface area contributed by atoms with Gasteiger partial charge in [0.1, 0.15) is 18.0 Å². The molecule has 1 amide bonds. The van der Waals surface area contributed by atoms with Crippen molar-refractivity contribution in [3.8, 4) is 17.3 Å². The van der Waals surface area contributed by atoms with Gasteiger partial charge in [0, 0.05) is 11.9 Å². The lowest BCUT2D eigenvalue weighted by atomic mass is 10.0. The number of imidazole rings is 1. The largest absolute Gasteiger partial charge is 0.494 e. The van der Waals surface area contributed by atoms with E-state index in [9.17, 15) is 4.79 Å². The third kappa shape index (κ3) is 3.81. The minimum atomic E-state index is 0.0979. The Hall–Kier alpha value is -3.19. The highest BCUT2D eigenvalue weighted by Crippen LogP contribution is 2.34. The van der Waals surface area contributed by atoms with Crippen LogP contribution in [0.2, 0.25) is 0 Å². The van der Waals surface area contributed by atoms with Crippen molar-refractivity contribution in [3.63, 3.8) is 0 Å². The number of benzene rings is 2. The predicted molar refractivity (Wildman–Crippen MR) is 122 cm³/mol. The lowest BCUT2D eigenvalue weighted by Gasteiger charge is -2.26. The van der Waals surface area contributed by atoms with E-state index in [2.05, 4.69) is 17.1 Å². The van der Waals surface area contributed by atoms with Crippen LogP contribution in [0.25, 0.3) is 22.6 Å². The Balaban J connectivity index is 1.43. The topological polar surface area (TPSA) is 60.2 Å². The maximum absolute atomic E-state index is 13.5. The number of thiazole rings is 1. The first-order valence-corrected chi connectivity index (χ1v) is 11.5. The minimum absolute atomic E-state index is 0.0979. The highest BCUT2D eigenvalue weighted by molar-refractivity contribution is 7.07. The number of para-hydroxylation sites is 2. The lowest BCUT2D eigenvalue weighted by molar-refractivity contribution is -0.132. The molecule has 31 heavy (non-hydrogen) atoms. The molecule has 5 rings (SSSR count). The van der Waals surface area contributed by atoms with Crippen LogP contribution in [0.15, 0.2) is 59.4 Å². The van der Waals surface area contributed by atoms with Crippen LogP contribution >= 0.6 is 11.3 Å². The van der Waals surface area contributed by atoms with E-state index in [4.69, 9.17) is 9.72 Å². The Kier molecular flexibility index (Phi) is 5.42. The Labute approximate surface area is 185 Å². The highest BCUT2D eigenvalue weighted by atomic mass is 32.1. The molecule has 6 nitrogen and oxygen atoms in total. The summed E-state index contributed by atoms with van der Waals surface area (Å²) in [6.07, 6.45) is 1.98. The van der Waals surface area contributed by atoms with Gasteiger partial charge < -0.3 is 14.2 Å². The van der Waals surface area contributed by atoms with Crippen LogP contribution in [0.5, 0.6) is 5.75 Å². The van der Waals surface area contributed by atoms with Crippen molar-refractivity contribution in [2.24, 2.45) is 0 Å². The average Bonchev–Trinajstić information content (AvgIpc) is 3.55. The van der Waals surface area contributed by atoms with Crippen molar-refractivity contribution in [1.29, 1.82) is 0 Å². The van der Waals surface area contributed by atoms with Gasteiger partial charge in [-0.25, -0.2) is 9.97 Å². The van der Waals surface area contributed by atoms with Crippen molar-refractivity contribution >= 4 is 28.3 Å². The second kappa shape index (κ2) is 8.51. The summed E-state index contributed by atoms with van der Waals surface area (Å²) in [6, 6.07) is 16.2. The van der Waals surface area contributed by atoms with Crippen LogP contribution in [0.1, 0.15) is 31.4 Å². The van der Waals surface area contributed by atoms with Crippen LogP contribution in [-0.2, 0) is 11.3 Å². The third-order valence-corrected chi connectivity index (χ3v) is 6.34. The summed E-state index contributed by atoms with van der Waals surface area (Å²) in [5, 5.41) is 1.97. The summed E-state index contributed by atoms with van der Waals surface area (Å²) in [4.78, 5) is 24.7. The van der Waals surface area contributed by atoms with Gasteiger partial charge in [0.2, 0.25) is 5.91 Å². The van der Waals surface area contributed by atoms with Gasteiger partial charge in [-0.1, -0.05) is 24.3 Å². The van der Waals surface area contributed by atoms with Crippen LogP contribution in [0, 0.1) is 0 Å². The number of aromatic nitrogens is 3. The zero-order valence-electron chi connectivity index (χ0n) is 17.4. The number of rotatable bonds is 6. The smallest absolute Gasteiger partial charge is 0.243 e. The molecule has 0 radical (unpaired) electrons. The number of carbonyl (C=O) groups is 1. The molecule has 0 unspecified atom stereocenters. The summed E-state index contributed by atoms with van der Waals surface area (Å²) < 4.78 is 7.56. The SMILES string of the molecule is CCOc1ccc([C@H]2CCCN2C(=O)Cn2c(-c3cscn3)nc3ccccc32)cc1. The van der Waals surface area contributed by atoms with E-state index in [-0.39, 0.29) is 18.5 Å². The van der Waals surface area contributed by atoms with Crippen LogP contribution in [-0.4, -0.2) is 38.5 Å². The van der Waals surface area contributed by atoms with Crippen molar-refractivity contribution in [2.45, 2.75) is 32.4 Å². The number of nitrogens with zero attached hydrogens (tertiary/aromatic N) is 4. The molecule has 0 saturated carbocycles. The Bertz CT molecular complexity index is 1180. The van der Waals surface area contributed by atoms with Crippen LogP contribution in [0.4, 0.5) is 0 Å². The van der Waals surface area contributed by atoms with Crippen molar-refractivity contribution < 1.29 is 9.53 Å². The molecule has 4 aromatic rings. The van der Waals surface area contributed by atoms with Crippen LogP contribution in [0.3, 0.4) is 0 Å². The van der Waals surface area contributed by atoms with E-state index in [1.807, 2.05) is 58.2 Å². The summed E-state index contributed by atoms with van der Waals surface area (Å²) in [5.74, 6) is 1.71. The number of likely N-dealkylation sites (tertiary alicyclic amines) is 1. The quantitative estimate of drug-likeness (QED) is 0.434. The highest BCUT2D eigenvalue weighted by Gasteiger charge is 2.30. The van der Waals surface area contributed by atoms with E-state index in [1.54, 1.807) is 5.51 Å². The van der Waals surface area contributed by atoms with Crippen molar-refractivity contribution in [3.05, 3.63) is 65.0 Å². The normalized spacial score (nSPS) is 16.2. The molecule has 1 fully saturated rings. The second-order valence-corrected chi connectivity index (χ2v) is 8.35. The summed E-state index contributed by atoms with van der Waals surface area (Å²) in [6.45, 7) is 3.65. The van der Waals surface area contributed by atoms with Gasteiger partial charge in [-0.05, 0) is 49.6 Å². The molecule has 0 N–H and O–H groups in total. The van der Waals surface area contributed by atoms with E-state index < -0.39 is 0 Å². The molecule has 2 aromatic heterocycles. The van der Waals surface area contributed by atoms with E-state index in [0.29, 0.717) is 6.61 Å². The van der Waals surface area contributed by atoms with Gasteiger partial charge in [-0.3, -0.25) is 4.79 Å². The Morgan fingerprint density at radius 2 is 2.03 bits per heavy atom. The van der Waals surface area contributed by atoms with Gasteiger partial charge in [0.25, 0.3) is 0 Å². The number of fused-ring (bicyclic) bond motifs is 1. The van der Waals surface area contributed by atoms with Crippen molar-refractivity contribution in [2.75, 3.05) is 13.2 Å². The van der Waals surface area contributed by atoms with Gasteiger partial charge in [0.05, 0.1) is 29.2 Å². The van der Waals surface area contributed by atoms with E-state index in [0.717, 1.165) is 53.3 Å². The standard InChI is InChI=1S/C24H24N4O2S/c1-2-30-18-11-9-17(10-12-18)21-8-5-13-27(21)23(29)14-28-22-7-4-3-6-19(22)26-24(28)20-15-31-16-25-20/h3-4,6-7,9-12,15-16,21H,2,5,8,13-14H2,1H3/t21-/m1/s1. The number of ether oxygens (including phenoxy) is 1. The second-order valence-electron chi connectivity index (χ2n) is 7.63. The molecule has 1 aliphatic heterocycles. The molecular formula is C24H24N4O2S. The zero-order chi connectivity index (χ0) is 21.2. The summed E-state index contributed by atoms with van der Waals surface area (Å²) >= 11 is 1.53. The monoisotopic (exact) mass is 432 g/mol. The number of carbonyl (C=O) groups excluding carboxylic acids is 1. The molecule has 7 heteroatoms. The summed E-state index contributed by atoms with van der Waals surface area (Å²) in [5.41, 5.74) is 5.59. The number of hydrogen-bond acceptors (Lipinski definition) is 5. The molecule has 1 saturated heterocycles. The van der Waals surface area contributed by atoms with Gasteiger partial charge in [-0.15, -0.1) is 11.3 Å². The predicted octanol–water partition coefficient (Wildman–Crippen LogP) is 4.92. The average molecular weight is 433 g/mol. The molecular weight excluding hydrogens is 408 g/mol. The third-order valence-electron chi connectivity index (χ3n) is 5.76. The fourth-order valence-electron chi connectivity index (χ4n) is 4.34. The first-order valence-electron chi connectivity index (χ1n) is 10.6. The fourth-order valence-corrected chi connectivity index (χ4v) is 4.88. The van der Waals surface area contributed by atoms with Gasteiger partial charge >= 0.3 is 0 Å². The molecule has 158 valence electrons. The molecule has 1 aliphatic rings. The molecule has 0 bridgehead atoms. The Morgan fingerprint density at radius 1 is 1.19 bits per heavy atom. The first kappa shape index (κ1) is 19.8. The maximum Gasteiger partial charge on any atom is 0.243 e. The van der Waals surface area contributed by atoms with E-state index >= 15 is 0 Å². The van der Waals surface area contributed by atoms with Crippen LogP contribution < -0.4 is 4.74 Å². The van der Waals surface area contributed by atoms with E-state index in [1.165, 1.54) is 11.3 Å². The van der Waals surface area contributed by atoms with Gasteiger partial charge in [-0.2, -0.15) is 0 Å². The number of amides is 1. The Morgan fingerprint density at radius 3 is 2.81 bits per heavy atom. The zero-order valence-corrected chi connectivity index (χ0v) is 18.2. The summed E-state index contributed by atoms with van der Waals surface area (Å²) in [7, 11) is 0. The molecule has 2 aromatic carbocycles. The lowest BCUT2D eigenvalue weighted by Crippen LogP contribution is -2.33. The minimum Gasteiger partial charge on any atom is -0.494 e.